The molecule has 0 saturated heterocycles. The van der Waals surface area contributed by atoms with Crippen LogP contribution in [-0.2, 0) is 11.3 Å². The smallest absolute Gasteiger partial charge is 0.258 e. The Morgan fingerprint density at radius 2 is 1.57 bits per heavy atom. The maximum Gasteiger partial charge on any atom is 0.258 e. The van der Waals surface area contributed by atoms with E-state index in [-0.39, 0.29) is 24.1 Å². The number of benzene rings is 3. The van der Waals surface area contributed by atoms with E-state index in [1.165, 1.54) is 24.6 Å². The third kappa shape index (κ3) is 5.91. The molecule has 37 heavy (non-hydrogen) atoms. The van der Waals surface area contributed by atoms with Crippen molar-refractivity contribution in [3.8, 4) is 22.8 Å². The van der Waals surface area contributed by atoms with Gasteiger partial charge in [0.25, 0.3) is 5.91 Å². The summed E-state index contributed by atoms with van der Waals surface area (Å²) in [6.07, 6.45) is 5.54. The number of hydrogen-bond donors (Lipinski definition) is 2. The van der Waals surface area contributed by atoms with Crippen molar-refractivity contribution in [3.63, 3.8) is 0 Å². The predicted molar refractivity (Wildman–Crippen MR) is 140 cm³/mol. The van der Waals surface area contributed by atoms with Crippen molar-refractivity contribution >= 4 is 17.5 Å². The molecule has 0 atom stereocenters. The molecule has 1 aromatic heterocycles. The van der Waals surface area contributed by atoms with Crippen LogP contribution in [0.3, 0.4) is 0 Å². The van der Waals surface area contributed by atoms with Crippen molar-refractivity contribution in [2.75, 3.05) is 5.32 Å². The molecule has 8 heteroatoms. The molecule has 7 nitrogen and oxygen atoms in total. The molecule has 2 amide bonds. The van der Waals surface area contributed by atoms with E-state index in [0.717, 1.165) is 36.8 Å². The number of nitrogens with one attached hydrogen (secondary N) is 2. The van der Waals surface area contributed by atoms with E-state index in [2.05, 4.69) is 15.7 Å². The summed E-state index contributed by atoms with van der Waals surface area (Å²) in [6.45, 7) is 0.0739. The molecule has 0 bridgehead atoms. The molecule has 2 N–H and O–H groups in total. The summed E-state index contributed by atoms with van der Waals surface area (Å²) in [4.78, 5) is 30.0. The van der Waals surface area contributed by atoms with Gasteiger partial charge in [0.15, 0.2) is 11.6 Å². The highest BCUT2D eigenvalue weighted by Crippen LogP contribution is 2.24. The van der Waals surface area contributed by atoms with Gasteiger partial charge in [-0.1, -0.05) is 61.7 Å². The van der Waals surface area contributed by atoms with Gasteiger partial charge in [-0.05, 0) is 49.2 Å². The highest BCUT2D eigenvalue weighted by atomic mass is 19.1. The second-order valence-electron chi connectivity index (χ2n) is 9.20. The van der Waals surface area contributed by atoms with E-state index in [1.807, 2.05) is 30.3 Å². The number of nitrogens with zero attached hydrogens (tertiary/aromatic N) is 3. The Balaban J connectivity index is 1.35. The number of amides is 2. The molecule has 1 heterocycles. The number of carbonyl (C=O) groups excluding carboxylic acids is 2. The van der Waals surface area contributed by atoms with Gasteiger partial charge in [0.2, 0.25) is 5.91 Å². The standard InChI is InChI=1S/C29H28FN5O2/c30-25-14-8-7-13-24(25)29(37)32-23-17-15-20(16-18-23)27-33-28(21-9-3-1-4-10-21)35(34-27)19-26(36)31-22-11-5-2-6-12-22/h1,3-4,7-10,13-18,22H,2,5-6,11-12,19H2,(H,31,36)(H,32,37). The first-order valence-electron chi connectivity index (χ1n) is 12.5. The third-order valence-electron chi connectivity index (χ3n) is 6.49. The molecular weight excluding hydrogens is 469 g/mol. The Morgan fingerprint density at radius 1 is 0.865 bits per heavy atom. The lowest BCUT2D eigenvalue weighted by molar-refractivity contribution is -0.122. The highest BCUT2D eigenvalue weighted by Gasteiger charge is 2.19. The Hall–Kier alpha value is -4.33. The fourth-order valence-corrected chi connectivity index (χ4v) is 4.58. The maximum absolute atomic E-state index is 13.9. The second-order valence-corrected chi connectivity index (χ2v) is 9.20. The molecule has 4 aromatic rings. The number of rotatable bonds is 7. The summed E-state index contributed by atoms with van der Waals surface area (Å²) in [5.41, 5.74) is 2.09. The SMILES string of the molecule is O=C(Cn1nc(-c2ccc(NC(=O)c3ccccc3F)cc2)nc1-c1ccccc1)NC1CCCCC1. The number of aromatic nitrogens is 3. The second kappa shape index (κ2) is 11.2. The zero-order valence-corrected chi connectivity index (χ0v) is 20.4. The minimum Gasteiger partial charge on any atom is -0.352 e. The minimum absolute atomic E-state index is 0.0222. The average molecular weight is 498 g/mol. The van der Waals surface area contributed by atoms with Crippen LogP contribution in [0.2, 0.25) is 0 Å². The Labute approximate surface area is 214 Å². The van der Waals surface area contributed by atoms with Gasteiger partial charge < -0.3 is 10.6 Å². The van der Waals surface area contributed by atoms with Crippen LogP contribution in [0.1, 0.15) is 42.5 Å². The van der Waals surface area contributed by atoms with Crippen molar-refractivity contribution in [2.24, 2.45) is 0 Å². The fraction of sp³-hybridized carbons (Fsp3) is 0.241. The van der Waals surface area contributed by atoms with Crippen LogP contribution in [0.4, 0.5) is 10.1 Å². The molecule has 5 rings (SSSR count). The van der Waals surface area contributed by atoms with Crippen LogP contribution in [0.5, 0.6) is 0 Å². The van der Waals surface area contributed by atoms with Gasteiger partial charge in [-0.3, -0.25) is 9.59 Å². The molecule has 1 aliphatic rings. The molecular formula is C29H28FN5O2. The molecule has 3 aromatic carbocycles. The fourth-order valence-electron chi connectivity index (χ4n) is 4.58. The molecule has 0 unspecified atom stereocenters. The van der Waals surface area contributed by atoms with Gasteiger partial charge in [0, 0.05) is 22.9 Å². The van der Waals surface area contributed by atoms with Crippen LogP contribution >= 0.6 is 0 Å². The third-order valence-corrected chi connectivity index (χ3v) is 6.49. The van der Waals surface area contributed by atoms with E-state index in [4.69, 9.17) is 4.98 Å². The number of anilines is 1. The summed E-state index contributed by atoms with van der Waals surface area (Å²) < 4.78 is 15.6. The largest absolute Gasteiger partial charge is 0.352 e. The Bertz CT molecular complexity index is 1380. The molecule has 1 fully saturated rings. The van der Waals surface area contributed by atoms with E-state index in [0.29, 0.717) is 17.3 Å². The van der Waals surface area contributed by atoms with Crippen LogP contribution in [0.15, 0.2) is 78.9 Å². The van der Waals surface area contributed by atoms with Crippen LogP contribution < -0.4 is 10.6 Å². The first-order chi connectivity index (χ1) is 18.1. The lowest BCUT2D eigenvalue weighted by atomic mass is 9.95. The van der Waals surface area contributed by atoms with Crippen LogP contribution in [-0.4, -0.2) is 32.6 Å². The van der Waals surface area contributed by atoms with Gasteiger partial charge in [-0.2, -0.15) is 0 Å². The summed E-state index contributed by atoms with van der Waals surface area (Å²) in [5.74, 6) is -0.106. The van der Waals surface area contributed by atoms with Crippen molar-refractivity contribution in [1.29, 1.82) is 0 Å². The Morgan fingerprint density at radius 3 is 2.30 bits per heavy atom. The van der Waals surface area contributed by atoms with E-state index >= 15 is 0 Å². The number of hydrogen-bond acceptors (Lipinski definition) is 4. The molecule has 188 valence electrons. The van der Waals surface area contributed by atoms with Crippen molar-refractivity contribution in [2.45, 2.75) is 44.7 Å². The van der Waals surface area contributed by atoms with E-state index in [9.17, 15) is 14.0 Å². The summed E-state index contributed by atoms with van der Waals surface area (Å²) in [6, 6.07) is 22.7. The molecule has 0 spiro atoms. The quantitative estimate of drug-likeness (QED) is 0.355. The van der Waals surface area contributed by atoms with Crippen molar-refractivity contribution in [3.05, 3.63) is 90.2 Å². The summed E-state index contributed by atoms with van der Waals surface area (Å²) in [5, 5.41) is 10.5. The zero-order chi connectivity index (χ0) is 25.6. The molecule has 0 radical (unpaired) electrons. The van der Waals surface area contributed by atoms with Crippen LogP contribution in [0, 0.1) is 5.82 Å². The highest BCUT2D eigenvalue weighted by molar-refractivity contribution is 6.04. The lowest BCUT2D eigenvalue weighted by Gasteiger charge is -2.22. The first kappa shape index (κ1) is 24.4. The predicted octanol–water partition coefficient (Wildman–Crippen LogP) is 5.45. The summed E-state index contributed by atoms with van der Waals surface area (Å²) in [7, 11) is 0. The maximum atomic E-state index is 13.9. The lowest BCUT2D eigenvalue weighted by Crippen LogP contribution is -2.38. The zero-order valence-electron chi connectivity index (χ0n) is 20.4. The van der Waals surface area contributed by atoms with E-state index in [1.54, 1.807) is 35.0 Å². The van der Waals surface area contributed by atoms with Crippen molar-refractivity contribution in [1.82, 2.24) is 20.1 Å². The van der Waals surface area contributed by atoms with Gasteiger partial charge in [0.05, 0.1) is 5.56 Å². The average Bonchev–Trinajstić information content (AvgIpc) is 3.34. The monoisotopic (exact) mass is 497 g/mol. The van der Waals surface area contributed by atoms with Gasteiger partial charge >= 0.3 is 0 Å². The van der Waals surface area contributed by atoms with Crippen molar-refractivity contribution < 1.29 is 14.0 Å². The van der Waals surface area contributed by atoms with Gasteiger partial charge in [-0.25, -0.2) is 14.1 Å². The van der Waals surface area contributed by atoms with Crippen LogP contribution in [0.25, 0.3) is 22.8 Å². The molecule has 1 saturated carbocycles. The van der Waals surface area contributed by atoms with Gasteiger partial charge in [0.1, 0.15) is 12.4 Å². The normalized spacial score (nSPS) is 13.8. The molecule has 0 aliphatic heterocycles. The Kier molecular flexibility index (Phi) is 7.35. The van der Waals surface area contributed by atoms with E-state index < -0.39 is 11.7 Å². The number of carbonyl (C=O) groups is 2. The first-order valence-corrected chi connectivity index (χ1v) is 12.5. The number of halogens is 1. The summed E-state index contributed by atoms with van der Waals surface area (Å²) >= 11 is 0. The molecule has 1 aliphatic carbocycles. The topological polar surface area (TPSA) is 88.9 Å². The minimum atomic E-state index is -0.577. The van der Waals surface area contributed by atoms with Gasteiger partial charge in [-0.15, -0.1) is 5.10 Å².